The van der Waals surface area contributed by atoms with E-state index in [1.807, 2.05) is 38.2 Å². The number of ether oxygens (including phenoxy) is 2. The third-order valence-electron chi connectivity index (χ3n) is 13.1. The molecule has 8 rings (SSSR count). The molecule has 2 aromatic heterocycles. The van der Waals surface area contributed by atoms with Crippen LogP contribution in [0.5, 0.6) is 5.75 Å². The van der Waals surface area contributed by atoms with Gasteiger partial charge in [-0.05, 0) is 96.3 Å². The van der Waals surface area contributed by atoms with E-state index in [0.29, 0.717) is 51.0 Å². The van der Waals surface area contributed by atoms with Crippen LogP contribution in [0.25, 0.3) is 33.3 Å². The van der Waals surface area contributed by atoms with E-state index in [4.69, 9.17) is 9.47 Å². The Morgan fingerprint density at radius 1 is 1.05 bits per heavy atom. The van der Waals surface area contributed by atoms with Gasteiger partial charge in [0.05, 0.1) is 37.5 Å². The molecule has 15 nitrogen and oxygen atoms in total. The van der Waals surface area contributed by atoms with Crippen molar-refractivity contribution in [2.75, 3.05) is 46.5 Å². The molecule has 4 aromatic rings. The number of aromatic hydroxyl groups is 1. The van der Waals surface area contributed by atoms with Crippen LogP contribution in [0.2, 0.25) is 0 Å². The van der Waals surface area contributed by atoms with Crippen LogP contribution in [-0.2, 0) is 46.3 Å². The van der Waals surface area contributed by atoms with Crippen molar-refractivity contribution in [1.29, 1.82) is 0 Å². The summed E-state index contributed by atoms with van der Waals surface area (Å²) in [7, 11) is 1.58. The number of hydrogen-bond acceptors (Lipinski definition) is 10. The first-order chi connectivity index (χ1) is 30.6. The SMILES string of the molecule is C=CC(=O)N1CC[C@H](C(=O)N(C)[C@H](C(=O)N[C@H]2Cc3cc(O)cc(c3)-c3ccc4c(c3)c(c(-c3cccnc3)n4C3COC3)CC(C)(C)COC(=O)[C@@H]3CCCN(N3)C2=O)C(C)C)C1. The van der Waals surface area contributed by atoms with Gasteiger partial charge in [0.1, 0.15) is 23.9 Å². The van der Waals surface area contributed by atoms with Gasteiger partial charge in [-0.25, -0.2) is 5.43 Å². The lowest BCUT2D eigenvalue weighted by Crippen LogP contribution is -2.62. The molecule has 0 radical (unpaired) electrons. The number of aromatic nitrogens is 2. The van der Waals surface area contributed by atoms with Gasteiger partial charge in [0.25, 0.3) is 5.91 Å². The average molecular weight is 874 g/mol. The highest BCUT2D eigenvalue weighted by atomic mass is 16.5. The van der Waals surface area contributed by atoms with Crippen molar-refractivity contribution in [1.82, 2.24) is 35.1 Å². The lowest BCUT2D eigenvalue weighted by molar-refractivity contribution is -0.155. The van der Waals surface area contributed by atoms with E-state index in [0.717, 1.165) is 38.9 Å². The Morgan fingerprint density at radius 2 is 1.84 bits per heavy atom. The summed E-state index contributed by atoms with van der Waals surface area (Å²) >= 11 is 0. The molecule has 4 amide bonds. The largest absolute Gasteiger partial charge is 0.508 e. The monoisotopic (exact) mass is 873 g/mol. The Labute approximate surface area is 373 Å². The number of rotatable bonds is 8. The highest BCUT2D eigenvalue weighted by Gasteiger charge is 2.40. The summed E-state index contributed by atoms with van der Waals surface area (Å²) in [6.07, 6.45) is 6.82. The molecule has 3 saturated heterocycles. The molecule has 338 valence electrons. The number of nitrogens with zero attached hydrogens (tertiary/aromatic N) is 5. The van der Waals surface area contributed by atoms with Crippen molar-refractivity contribution in [3.63, 3.8) is 0 Å². The number of hydrogen-bond donors (Lipinski definition) is 3. The maximum atomic E-state index is 14.7. The lowest BCUT2D eigenvalue weighted by atomic mass is 9.84. The number of likely N-dealkylation sites (N-methyl/N-ethyl adjacent to an activating group) is 1. The number of phenols is 1. The van der Waals surface area contributed by atoms with Crippen LogP contribution in [-0.4, -0.2) is 124 Å². The number of cyclic esters (lactones) is 1. The Hall–Kier alpha value is -6.06. The van der Waals surface area contributed by atoms with Crippen molar-refractivity contribution in [3.8, 4) is 28.1 Å². The van der Waals surface area contributed by atoms with E-state index in [1.165, 1.54) is 16.0 Å². The molecule has 6 bridgehead atoms. The molecule has 2 aromatic carbocycles. The van der Waals surface area contributed by atoms with E-state index in [2.05, 4.69) is 58.9 Å². The standard InChI is InChI=1S/C49H59N7O8/c1-7-42(58)54-17-14-33(25-54)46(60)53(6)43(29(2)3)45(59)51-40-20-30-18-34(21-36(57)19-30)31-12-13-41-37(22-31)38(44(32-10-8-15-50-24-32)56(41)35-26-63-27-35)23-49(4,5)28-64-48(62)39-11-9-16-55(52-39)47(40)61/h7-8,10,12-13,15,18-19,21-22,24,29,33,35,39-40,43,52,57H,1,9,11,14,16-17,20,23,25-28H2,2-6H3,(H,51,59)/t33-,39-,40-,43-/m0/s1. The van der Waals surface area contributed by atoms with Crippen molar-refractivity contribution in [2.45, 2.75) is 84.0 Å². The molecular formula is C49H59N7O8. The fourth-order valence-electron chi connectivity index (χ4n) is 9.80. The highest BCUT2D eigenvalue weighted by Crippen LogP contribution is 2.43. The van der Waals surface area contributed by atoms with E-state index in [9.17, 15) is 29.1 Å². The number of carbonyl (C=O) groups is 5. The first-order valence-electron chi connectivity index (χ1n) is 22.3. The minimum Gasteiger partial charge on any atom is -0.508 e. The topological polar surface area (TPSA) is 176 Å². The molecule has 64 heavy (non-hydrogen) atoms. The summed E-state index contributed by atoms with van der Waals surface area (Å²) < 4.78 is 14.1. The van der Waals surface area contributed by atoms with Crippen LogP contribution < -0.4 is 10.7 Å². The predicted octanol–water partition coefficient (Wildman–Crippen LogP) is 4.81. The maximum Gasteiger partial charge on any atom is 0.324 e. The summed E-state index contributed by atoms with van der Waals surface area (Å²) in [5.74, 6) is -2.84. The minimum atomic E-state index is -1.16. The third kappa shape index (κ3) is 9.00. The first kappa shape index (κ1) is 44.5. The van der Waals surface area contributed by atoms with E-state index in [1.54, 1.807) is 30.3 Å². The summed E-state index contributed by atoms with van der Waals surface area (Å²) in [4.78, 5) is 76.7. The molecule has 0 unspecified atom stereocenters. The predicted molar refractivity (Wildman–Crippen MR) is 240 cm³/mol. The second-order valence-corrected chi connectivity index (χ2v) is 18.9. The second kappa shape index (κ2) is 18.2. The Bertz CT molecular complexity index is 2460. The minimum absolute atomic E-state index is 0.00606. The number of likely N-dealkylation sites (tertiary alicyclic amines) is 1. The number of nitrogens with one attached hydrogen (secondary N) is 2. The van der Waals surface area contributed by atoms with Gasteiger partial charge in [-0.3, -0.25) is 34.0 Å². The number of fused-ring (bicyclic) bond motifs is 6. The molecule has 0 spiro atoms. The van der Waals surface area contributed by atoms with Gasteiger partial charge in [0.2, 0.25) is 17.7 Å². The van der Waals surface area contributed by atoms with Crippen molar-refractivity contribution >= 4 is 40.5 Å². The zero-order valence-electron chi connectivity index (χ0n) is 37.3. The molecule has 0 saturated carbocycles. The number of benzene rings is 2. The molecule has 4 aliphatic heterocycles. The van der Waals surface area contributed by atoms with E-state index in [-0.39, 0.29) is 55.6 Å². The molecule has 3 N–H and O–H groups in total. The first-order valence-corrected chi connectivity index (χ1v) is 22.3. The number of hydrazine groups is 1. The molecule has 3 fully saturated rings. The number of esters is 1. The number of phenolic OH excluding ortho intramolecular Hbond substituents is 1. The summed E-state index contributed by atoms with van der Waals surface area (Å²) in [5.41, 5.74) is 8.83. The van der Waals surface area contributed by atoms with Gasteiger partial charge in [-0.1, -0.05) is 46.4 Å². The third-order valence-corrected chi connectivity index (χ3v) is 13.1. The Balaban J connectivity index is 1.19. The van der Waals surface area contributed by atoms with Gasteiger partial charge in [0, 0.05) is 67.4 Å². The molecule has 15 heteroatoms. The Kier molecular flexibility index (Phi) is 12.7. The highest BCUT2D eigenvalue weighted by molar-refractivity contribution is 5.96. The van der Waals surface area contributed by atoms with Crippen LogP contribution in [0.15, 0.2) is 73.6 Å². The van der Waals surface area contributed by atoms with Crippen LogP contribution in [0.4, 0.5) is 0 Å². The van der Waals surface area contributed by atoms with Crippen LogP contribution in [0.3, 0.4) is 0 Å². The van der Waals surface area contributed by atoms with Crippen molar-refractivity contribution in [3.05, 3.63) is 84.7 Å². The van der Waals surface area contributed by atoms with Gasteiger partial charge in [-0.2, -0.15) is 0 Å². The molecule has 4 aliphatic rings. The van der Waals surface area contributed by atoms with E-state index >= 15 is 0 Å². The van der Waals surface area contributed by atoms with Crippen LogP contribution in [0.1, 0.15) is 64.1 Å². The molecule has 4 atom stereocenters. The summed E-state index contributed by atoms with van der Waals surface area (Å²) in [5, 5.41) is 16.7. The zero-order chi connectivity index (χ0) is 45.4. The smallest absolute Gasteiger partial charge is 0.324 e. The van der Waals surface area contributed by atoms with Gasteiger partial charge >= 0.3 is 5.97 Å². The molecular weight excluding hydrogens is 815 g/mol. The number of amides is 4. The van der Waals surface area contributed by atoms with Gasteiger partial charge < -0.3 is 34.3 Å². The van der Waals surface area contributed by atoms with Crippen LogP contribution >= 0.6 is 0 Å². The second-order valence-electron chi connectivity index (χ2n) is 18.9. The van der Waals surface area contributed by atoms with Gasteiger partial charge in [-0.15, -0.1) is 0 Å². The fraction of sp³-hybridized carbons (Fsp3) is 0.469. The average Bonchev–Trinajstić information content (AvgIpc) is 3.87. The fourth-order valence-corrected chi connectivity index (χ4v) is 9.80. The molecule has 0 aliphatic carbocycles. The lowest BCUT2D eigenvalue weighted by Gasteiger charge is -2.37. The number of carbonyl (C=O) groups excluding carboxylic acids is 5. The maximum absolute atomic E-state index is 14.7. The zero-order valence-corrected chi connectivity index (χ0v) is 37.3. The van der Waals surface area contributed by atoms with E-state index < -0.39 is 47.2 Å². The van der Waals surface area contributed by atoms with Crippen LogP contribution in [0, 0.1) is 17.3 Å². The summed E-state index contributed by atoms with van der Waals surface area (Å²) in [6.45, 7) is 13.6. The number of pyridine rings is 1. The summed E-state index contributed by atoms with van der Waals surface area (Å²) in [6, 6.07) is 12.6. The Morgan fingerprint density at radius 3 is 2.55 bits per heavy atom. The molecule has 6 heterocycles. The normalized spacial score (nSPS) is 22.1. The van der Waals surface area contributed by atoms with Crippen molar-refractivity contribution in [2.24, 2.45) is 17.3 Å². The van der Waals surface area contributed by atoms with Gasteiger partial charge in [0.15, 0.2) is 0 Å². The quantitative estimate of drug-likeness (QED) is 0.165. The van der Waals surface area contributed by atoms with Crippen molar-refractivity contribution < 1.29 is 38.6 Å².